The van der Waals surface area contributed by atoms with Gasteiger partial charge in [-0.05, 0) is 65.8 Å². The Hall–Kier alpha value is 0.448. The summed E-state index contributed by atoms with van der Waals surface area (Å²) in [5.41, 5.74) is 1.01. The van der Waals surface area contributed by atoms with Crippen molar-refractivity contribution in [2.75, 3.05) is 6.61 Å². The monoisotopic (exact) mass is 366 g/mol. The van der Waals surface area contributed by atoms with Crippen molar-refractivity contribution in [2.24, 2.45) is 0 Å². The Morgan fingerprint density at radius 2 is 1.10 bits per heavy atom. The molecule has 0 spiro atoms. The van der Waals surface area contributed by atoms with E-state index in [4.69, 9.17) is 16.8 Å². The molecular weight excluding hydrogens is 332 g/mol. The Bertz CT molecular complexity index is 362. The maximum Gasteiger partial charge on any atom is 0.323 e. The van der Waals surface area contributed by atoms with E-state index in [-0.39, 0.29) is 0 Å². The van der Waals surface area contributed by atoms with E-state index < -0.39 is 34.0 Å². The van der Waals surface area contributed by atoms with Gasteiger partial charge in [-0.15, -0.1) is 0 Å². The Morgan fingerprint density at radius 3 is 1.48 bits per heavy atom. The van der Waals surface area contributed by atoms with Crippen molar-refractivity contribution in [3.8, 4) is 0 Å². The smallest absolute Gasteiger partial charge is 0.323 e. The van der Waals surface area contributed by atoms with Crippen LogP contribution in [0.5, 0.6) is 0 Å². The Kier molecular flexibility index (Phi) is 7.50. The lowest BCUT2D eigenvalue weighted by Crippen LogP contribution is -2.56. The summed E-state index contributed by atoms with van der Waals surface area (Å²) >= 11 is 0. The average Bonchev–Trinajstić information content (AvgIpc) is 2.05. The van der Waals surface area contributed by atoms with Gasteiger partial charge in [0.15, 0.2) is 8.32 Å². The van der Waals surface area contributed by atoms with Crippen molar-refractivity contribution < 1.29 is 16.8 Å². The van der Waals surface area contributed by atoms with Crippen LogP contribution in [0.15, 0.2) is 12.2 Å². The SMILES string of the molecule is C=C(C)CO[Si](C)(C)O[Si](C)(C)O[Si](C)(C)O[Si](C)(C)C. The minimum atomic E-state index is -2.28. The summed E-state index contributed by atoms with van der Waals surface area (Å²) < 4.78 is 24.8. The number of rotatable bonds is 9. The molecule has 0 radical (unpaired) electrons. The highest BCUT2D eigenvalue weighted by Crippen LogP contribution is 2.24. The van der Waals surface area contributed by atoms with Crippen LogP contribution in [-0.4, -0.2) is 40.6 Å². The van der Waals surface area contributed by atoms with E-state index in [1.165, 1.54) is 0 Å². The van der Waals surface area contributed by atoms with Gasteiger partial charge in [0.05, 0.1) is 6.61 Å². The fourth-order valence-corrected chi connectivity index (χ4v) is 19.6. The van der Waals surface area contributed by atoms with Crippen molar-refractivity contribution in [1.29, 1.82) is 0 Å². The first kappa shape index (κ1) is 21.4. The molecule has 0 heterocycles. The summed E-state index contributed by atoms with van der Waals surface area (Å²) in [4.78, 5) is 0. The summed E-state index contributed by atoms with van der Waals surface area (Å²) in [5, 5.41) is 0. The Morgan fingerprint density at radius 1 is 0.714 bits per heavy atom. The number of hydrogen-bond donors (Lipinski definition) is 0. The first-order valence-corrected chi connectivity index (χ1v) is 19.3. The first-order chi connectivity index (χ1) is 9.04. The fourth-order valence-electron chi connectivity index (χ4n) is 2.29. The van der Waals surface area contributed by atoms with Crippen LogP contribution >= 0.6 is 0 Å². The minimum absolute atomic E-state index is 0.552. The van der Waals surface area contributed by atoms with Crippen LogP contribution in [0.2, 0.25) is 58.9 Å². The lowest BCUT2D eigenvalue weighted by Gasteiger charge is -2.39. The molecule has 0 N–H and O–H groups in total. The third kappa shape index (κ3) is 11.6. The van der Waals surface area contributed by atoms with E-state index in [0.717, 1.165) is 5.57 Å². The summed E-state index contributed by atoms with van der Waals surface area (Å²) in [5.74, 6) is 0. The molecule has 0 rings (SSSR count). The van der Waals surface area contributed by atoms with Gasteiger partial charge in [-0.3, -0.25) is 0 Å². The Balaban J connectivity index is 4.71. The molecule has 126 valence electrons. The van der Waals surface area contributed by atoms with Crippen LogP contribution in [-0.2, 0) is 16.8 Å². The highest BCUT2D eigenvalue weighted by molar-refractivity contribution is 6.88. The van der Waals surface area contributed by atoms with Crippen LogP contribution in [0.25, 0.3) is 0 Å². The largest absolute Gasteiger partial charge is 0.437 e. The predicted octanol–water partition coefficient (Wildman–Crippen LogP) is 4.57. The molecular formula is C13H34O4Si4. The van der Waals surface area contributed by atoms with Crippen molar-refractivity contribution in [1.82, 2.24) is 0 Å². The summed E-state index contributed by atoms with van der Waals surface area (Å²) in [6.45, 7) is 25.4. The molecule has 0 aliphatic heterocycles. The van der Waals surface area contributed by atoms with E-state index in [1.807, 2.05) is 6.92 Å². The molecule has 0 fully saturated rings. The van der Waals surface area contributed by atoms with Crippen LogP contribution in [0, 0.1) is 0 Å². The van der Waals surface area contributed by atoms with Crippen LogP contribution in [0.1, 0.15) is 6.92 Å². The van der Waals surface area contributed by atoms with Gasteiger partial charge in [-0.25, -0.2) is 0 Å². The first-order valence-electron chi connectivity index (χ1n) is 7.42. The van der Waals surface area contributed by atoms with Gasteiger partial charge >= 0.3 is 25.7 Å². The quantitative estimate of drug-likeness (QED) is 0.442. The van der Waals surface area contributed by atoms with Gasteiger partial charge in [0.2, 0.25) is 0 Å². The van der Waals surface area contributed by atoms with E-state index in [2.05, 4.69) is 65.5 Å². The topological polar surface area (TPSA) is 36.9 Å². The van der Waals surface area contributed by atoms with E-state index in [9.17, 15) is 0 Å². The van der Waals surface area contributed by atoms with Gasteiger partial charge in [0, 0.05) is 0 Å². The third-order valence-corrected chi connectivity index (χ3v) is 15.3. The molecule has 4 nitrogen and oxygen atoms in total. The molecule has 0 saturated heterocycles. The molecule has 0 aliphatic carbocycles. The summed E-state index contributed by atoms with van der Waals surface area (Å²) in [6, 6.07) is 0. The van der Waals surface area contributed by atoms with Crippen LogP contribution < -0.4 is 0 Å². The van der Waals surface area contributed by atoms with Crippen molar-refractivity contribution in [2.45, 2.75) is 65.8 Å². The molecule has 0 saturated carbocycles. The molecule has 0 aromatic rings. The fraction of sp³-hybridized carbons (Fsp3) is 0.846. The van der Waals surface area contributed by atoms with E-state index in [1.54, 1.807) is 0 Å². The minimum Gasteiger partial charge on any atom is -0.437 e. The lowest BCUT2D eigenvalue weighted by molar-refractivity contribution is 0.241. The zero-order valence-electron chi connectivity index (χ0n) is 15.5. The molecule has 0 amide bonds. The normalized spacial score (nSPS) is 14.4. The van der Waals surface area contributed by atoms with Crippen LogP contribution in [0.4, 0.5) is 0 Å². The van der Waals surface area contributed by atoms with Crippen LogP contribution in [0.3, 0.4) is 0 Å². The van der Waals surface area contributed by atoms with Gasteiger partial charge in [0.1, 0.15) is 0 Å². The lowest BCUT2D eigenvalue weighted by atomic mass is 10.4. The highest BCUT2D eigenvalue weighted by Gasteiger charge is 2.43. The predicted molar refractivity (Wildman–Crippen MR) is 99.8 cm³/mol. The average molecular weight is 367 g/mol. The second-order valence-corrected chi connectivity index (χ2v) is 23.2. The van der Waals surface area contributed by atoms with E-state index >= 15 is 0 Å². The second kappa shape index (κ2) is 7.35. The maximum absolute atomic E-state index is 6.34. The zero-order chi connectivity index (χ0) is 17.1. The molecule has 0 aromatic heterocycles. The van der Waals surface area contributed by atoms with Gasteiger partial charge in [0.25, 0.3) is 0 Å². The molecule has 0 unspecified atom stereocenters. The molecule has 0 aromatic carbocycles. The number of hydrogen-bond acceptors (Lipinski definition) is 4. The van der Waals surface area contributed by atoms with Gasteiger partial charge in [-0.2, -0.15) is 0 Å². The van der Waals surface area contributed by atoms with Crippen molar-refractivity contribution in [3.63, 3.8) is 0 Å². The van der Waals surface area contributed by atoms with Gasteiger partial charge < -0.3 is 16.8 Å². The third-order valence-electron chi connectivity index (χ3n) is 2.20. The van der Waals surface area contributed by atoms with E-state index in [0.29, 0.717) is 6.61 Å². The molecule has 21 heavy (non-hydrogen) atoms. The highest BCUT2D eigenvalue weighted by atomic mass is 28.5. The molecule has 8 heteroatoms. The second-order valence-electron chi connectivity index (χ2n) is 7.86. The summed E-state index contributed by atoms with van der Waals surface area (Å²) in [7, 11) is -8.27. The van der Waals surface area contributed by atoms with Gasteiger partial charge in [-0.1, -0.05) is 12.2 Å². The molecule has 0 bridgehead atoms. The zero-order valence-corrected chi connectivity index (χ0v) is 19.5. The molecule has 0 aliphatic rings. The standard InChI is InChI=1S/C13H34O4Si4/c1-13(2)12-14-19(6,7)16-21(10,11)17-20(8,9)15-18(3,4)5/h1,12H2,2-11H3. The van der Waals surface area contributed by atoms with Crippen molar-refractivity contribution in [3.05, 3.63) is 12.2 Å². The van der Waals surface area contributed by atoms with Crippen molar-refractivity contribution >= 4 is 34.0 Å². The maximum atomic E-state index is 6.34. The molecule has 0 atom stereocenters. The Labute approximate surface area is 135 Å². The summed E-state index contributed by atoms with van der Waals surface area (Å²) in [6.07, 6.45) is 0.